The molecule has 0 aromatic heterocycles. The Kier molecular flexibility index (Phi) is 4.32. The van der Waals surface area contributed by atoms with Crippen molar-refractivity contribution in [2.75, 3.05) is 19.6 Å². The minimum Gasteiger partial charge on any atom is -0.481 e. The van der Waals surface area contributed by atoms with Gasteiger partial charge < -0.3 is 9.84 Å². The molecule has 2 saturated heterocycles. The van der Waals surface area contributed by atoms with Gasteiger partial charge in [-0.05, 0) is 45.1 Å². The lowest BCUT2D eigenvalue weighted by Gasteiger charge is -2.35. The summed E-state index contributed by atoms with van der Waals surface area (Å²) in [6.45, 7) is 2.68. The van der Waals surface area contributed by atoms with E-state index in [0.29, 0.717) is 12.6 Å². The Morgan fingerprint density at radius 1 is 1.15 bits per heavy atom. The van der Waals surface area contributed by atoms with Gasteiger partial charge in [-0.25, -0.2) is 0 Å². The first kappa shape index (κ1) is 14.3. The number of carboxylic acids is 1. The second-order valence-corrected chi connectivity index (χ2v) is 6.96. The zero-order chi connectivity index (χ0) is 14.0. The first-order valence-corrected chi connectivity index (χ1v) is 8.30. The van der Waals surface area contributed by atoms with Crippen LogP contribution < -0.4 is 0 Å². The van der Waals surface area contributed by atoms with Crippen LogP contribution in [-0.4, -0.2) is 47.3 Å². The molecule has 2 heterocycles. The number of ether oxygens (including phenoxy) is 1. The fourth-order valence-electron chi connectivity index (χ4n) is 4.30. The fourth-order valence-corrected chi connectivity index (χ4v) is 4.30. The number of carbonyl (C=O) groups is 1. The van der Waals surface area contributed by atoms with Crippen LogP contribution in [0.4, 0.5) is 0 Å². The van der Waals surface area contributed by atoms with Gasteiger partial charge in [-0.2, -0.15) is 0 Å². The molecule has 1 spiro atoms. The molecule has 2 unspecified atom stereocenters. The molecular weight excluding hydrogens is 254 g/mol. The Bertz CT molecular complexity index is 352. The van der Waals surface area contributed by atoms with Gasteiger partial charge in [0.15, 0.2) is 0 Å². The highest BCUT2D eigenvalue weighted by molar-refractivity contribution is 5.70. The van der Waals surface area contributed by atoms with Crippen LogP contribution in [-0.2, 0) is 9.53 Å². The summed E-state index contributed by atoms with van der Waals surface area (Å²) in [6.07, 6.45) is 11.0. The molecule has 3 aliphatic rings. The number of aliphatic carboxylic acids is 1. The molecule has 3 fully saturated rings. The number of hydrogen-bond donors (Lipinski definition) is 1. The molecule has 1 saturated carbocycles. The molecule has 0 aromatic carbocycles. The molecule has 4 nitrogen and oxygen atoms in total. The SMILES string of the molecule is O=C(O)C1CCCN(CC2CCC3(CCCCC3)O2)C1. The Hall–Kier alpha value is -0.610. The number of piperidine rings is 1. The van der Waals surface area contributed by atoms with Crippen molar-refractivity contribution in [3.8, 4) is 0 Å². The van der Waals surface area contributed by atoms with Crippen molar-refractivity contribution in [2.45, 2.75) is 69.5 Å². The van der Waals surface area contributed by atoms with Crippen LogP contribution in [0.25, 0.3) is 0 Å². The summed E-state index contributed by atoms with van der Waals surface area (Å²) in [4.78, 5) is 13.4. The van der Waals surface area contributed by atoms with E-state index in [9.17, 15) is 4.79 Å². The summed E-state index contributed by atoms with van der Waals surface area (Å²) >= 11 is 0. The van der Waals surface area contributed by atoms with Gasteiger partial charge in [0, 0.05) is 13.1 Å². The Morgan fingerprint density at radius 2 is 1.95 bits per heavy atom. The van der Waals surface area contributed by atoms with Crippen LogP contribution in [0.1, 0.15) is 57.8 Å². The summed E-state index contributed by atoms with van der Waals surface area (Å²) in [5, 5.41) is 9.16. The second kappa shape index (κ2) is 6.02. The number of carboxylic acid groups (broad SMARTS) is 1. The van der Waals surface area contributed by atoms with Gasteiger partial charge in [-0.3, -0.25) is 9.69 Å². The second-order valence-electron chi connectivity index (χ2n) is 6.96. The van der Waals surface area contributed by atoms with E-state index >= 15 is 0 Å². The van der Waals surface area contributed by atoms with E-state index in [4.69, 9.17) is 9.84 Å². The quantitative estimate of drug-likeness (QED) is 0.864. The number of rotatable bonds is 3. The predicted octanol–water partition coefficient (Wildman–Crippen LogP) is 2.66. The minimum atomic E-state index is -0.634. The predicted molar refractivity (Wildman–Crippen MR) is 76.7 cm³/mol. The molecule has 4 heteroatoms. The van der Waals surface area contributed by atoms with Crippen LogP contribution in [0.5, 0.6) is 0 Å². The maximum absolute atomic E-state index is 11.1. The summed E-state index contributed by atoms with van der Waals surface area (Å²) < 4.78 is 6.40. The highest BCUT2D eigenvalue weighted by Gasteiger charge is 2.41. The van der Waals surface area contributed by atoms with Gasteiger partial charge >= 0.3 is 5.97 Å². The molecule has 3 rings (SSSR count). The smallest absolute Gasteiger partial charge is 0.307 e. The zero-order valence-corrected chi connectivity index (χ0v) is 12.4. The standard InChI is InChI=1S/C16H27NO3/c18-15(19)13-5-4-10-17(11-13)12-14-6-9-16(20-14)7-2-1-3-8-16/h13-14H,1-12H2,(H,18,19). The van der Waals surface area contributed by atoms with Gasteiger partial charge in [-0.15, -0.1) is 0 Å². The van der Waals surface area contributed by atoms with Gasteiger partial charge in [-0.1, -0.05) is 19.3 Å². The maximum atomic E-state index is 11.1. The third kappa shape index (κ3) is 3.17. The average molecular weight is 281 g/mol. The molecular formula is C16H27NO3. The van der Waals surface area contributed by atoms with Crippen LogP contribution in [0.2, 0.25) is 0 Å². The molecule has 2 aliphatic heterocycles. The van der Waals surface area contributed by atoms with Crippen molar-refractivity contribution in [2.24, 2.45) is 5.92 Å². The first-order valence-electron chi connectivity index (χ1n) is 8.30. The van der Waals surface area contributed by atoms with Crippen LogP contribution >= 0.6 is 0 Å². The topological polar surface area (TPSA) is 49.8 Å². The van der Waals surface area contributed by atoms with E-state index in [0.717, 1.165) is 32.4 Å². The Balaban J connectivity index is 1.50. The lowest BCUT2D eigenvalue weighted by molar-refractivity contribution is -0.144. The first-order chi connectivity index (χ1) is 9.67. The molecule has 1 aliphatic carbocycles. The third-order valence-corrected chi connectivity index (χ3v) is 5.42. The van der Waals surface area contributed by atoms with Crippen molar-refractivity contribution < 1.29 is 14.6 Å². The van der Waals surface area contributed by atoms with Gasteiger partial charge in [0.1, 0.15) is 0 Å². The van der Waals surface area contributed by atoms with Crippen molar-refractivity contribution in [1.82, 2.24) is 4.90 Å². The molecule has 1 N–H and O–H groups in total. The minimum absolute atomic E-state index is 0.172. The largest absolute Gasteiger partial charge is 0.481 e. The lowest BCUT2D eigenvalue weighted by atomic mass is 9.83. The van der Waals surface area contributed by atoms with Gasteiger partial charge in [0.25, 0.3) is 0 Å². The highest BCUT2D eigenvalue weighted by Crippen LogP contribution is 2.42. The normalized spacial score (nSPS) is 34.4. The number of hydrogen-bond acceptors (Lipinski definition) is 3. The molecule has 0 radical (unpaired) electrons. The Morgan fingerprint density at radius 3 is 2.70 bits per heavy atom. The molecule has 114 valence electrons. The van der Waals surface area contributed by atoms with Crippen LogP contribution in [0.3, 0.4) is 0 Å². The van der Waals surface area contributed by atoms with Crippen molar-refractivity contribution in [3.05, 3.63) is 0 Å². The average Bonchev–Trinajstić information content (AvgIpc) is 2.82. The number of nitrogens with zero attached hydrogens (tertiary/aromatic N) is 1. The van der Waals surface area contributed by atoms with Crippen LogP contribution in [0.15, 0.2) is 0 Å². The highest BCUT2D eigenvalue weighted by atomic mass is 16.5. The molecule has 20 heavy (non-hydrogen) atoms. The lowest BCUT2D eigenvalue weighted by Crippen LogP contribution is -2.43. The van der Waals surface area contributed by atoms with E-state index in [1.54, 1.807) is 0 Å². The van der Waals surface area contributed by atoms with Crippen molar-refractivity contribution in [3.63, 3.8) is 0 Å². The number of likely N-dealkylation sites (tertiary alicyclic amines) is 1. The molecule has 0 bridgehead atoms. The maximum Gasteiger partial charge on any atom is 0.307 e. The van der Waals surface area contributed by atoms with Crippen molar-refractivity contribution in [1.29, 1.82) is 0 Å². The van der Waals surface area contributed by atoms with E-state index in [-0.39, 0.29) is 11.5 Å². The van der Waals surface area contributed by atoms with E-state index in [2.05, 4.69) is 4.90 Å². The molecule has 0 amide bonds. The van der Waals surface area contributed by atoms with E-state index in [1.807, 2.05) is 0 Å². The zero-order valence-electron chi connectivity index (χ0n) is 12.4. The molecule has 2 atom stereocenters. The fraction of sp³-hybridized carbons (Fsp3) is 0.938. The van der Waals surface area contributed by atoms with E-state index < -0.39 is 5.97 Å². The Labute approximate surface area is 121 Å². The molecule has 0 aromatic rings. The summed E-state index contributed by atoms with van der Waals surface area (Å²) in [5.41, 5.74) is 0.185. The summed E-state index contributed by atoms with van der Waals surface area (Å²) in [7, 11) is 0. The summed E-state index contributed by atoms with van der Waals surface area (Å²) in [5.74, 6) is -0.806. The summed E-state index contributed by atoms with van der Waals surface area (Å²) in [6, 6.07) is 0. The van der Waals surface area contributed by atoms with Crippen molar-refractivity contribution >= 4 is 5.97 Å². The van der Waals surface area contributed by atoms with Gasteiger partial charge in [0.05, 0.1) is 17.6 Å². The van der Waals surface area contributed by atoms with E-state index in [1.165, 1.54) is 38.5 Å². The van der Waals surface area contributed by atoms with Crippen LogP contribution in [0, 0.1) is 5.92 Å². The third-order valence-electron chi connectivity index (χ3n) is 5.42. The monoisotopic (exact) mass is 281 g/mol. The van der Waals surface area contributed by atoms with Gasteiger partial charge in [0.2, 0.25) is 0 Å².